The average Bonchev–Trinajstić information content (AvgIpc) is 2.97. The molecule has 0 aromatic carbocycles. The second kappa shape index (κ2) is 7.66. The Morgan fingerprint density at radius 2 is 2.04 bits per heavy atom. The summed E-state index contributed by atoms with van der Waals surface area (Å²) >= 11 is 0. The Balaban J connectivity index is 1.78. The van der Waals surface area contributed by atoms with Gasteiger partial charge in [0.2, 0.25) is 10.0 Å². The number of hydrogen-bond acceptors (Lipinski definition) is 4. The van der Waals surface area contributed by atoms with Crippen molar-refractivity contribution in [3.05, 3.63) is 36.4 Å². The number of piperidine rings is 1. The number of hydrogen-bond donors (Lipinski definition) is 0. The summed E-state index contributed by atoms with van der Waals surface area (Å²) in [5, 5.41) is 0. The fourth-order valence-corrected chi connectivity index (χ4v) is 5.12. The first kappa shape index (κ1) is 18.1. The molecule has 3 heterocycles. The van der Waals surface area contributed by atoms with Crippen LogP contribution in [0.25, 0.3) is 11.4 Å². The molecular weight excluding hydrogens is 336 g/mol. The molecular formula is C18H26N4O2S. The molecule has 2 aromatic heterocycles. The SMILES string of the molecule is CCCS(=O)(=O)N1CCCC(Cn2c(C)cnc2-c2ccncc2)C1. The Morgan fingerprint density at radius 1 is 1.28 bits per heavy atom. The minimum absolute atomic E-state index is 0.242. The smallest absolute Gasteiger partial charge is 0.214 e. The molecule has 1 saturated heterocycles. The van der Waals surface area contributed by atoms with Gasteiger partial charge >= 0.3 is 0 Å². The molecule has 1 fully saturated rings. The third-order valence-electron chi connectivity index (χ3n) is 4.77. The van der Waals surface area contributed by atoms with Gasteiger partial charge in [-0.25, -0.2) is 17.7 Å². The number of aryl methyl sites for hydroxylation is 1. The Kier molecular flexibility index (Phi) is 5.54. The fraction of sp³-hybridized carbons (Fsp3) is 0.556. The minimum atomic E-state index is -3.12. The van der Waals surface area contributed by atoms with Crippen molar-refractivity contribution in [2.45, 2.75) is 39.7 Å². The van der Waals surface area contributed by atoms with E-state index in [0.29, 0.717) is 25.4 Å². The summed E-state index contributed by atoms with van der Waals surface area (Å²) in [5.41, 5.74) is 2.13. The number of pyridine rings is 1. The van der Waals surface area contributed by atoms with Gasteiger partial charge < -0.3 is 4.57 Å². The van der Waals surface area contributed by atoms with Crippen molar-refractivity contribution in [3.8, 4) is 11.4 Å². The van der Waals surface area contributed by atoms with Crippen LogP contribution in [0.15, 0.2) is 30.7 Å². The molecule has 3 rings (SSSR count). The normalized spacial score (nSPS) is 19.2. The maximum atomic E-state index is 12.4. The molecule has 0 radical (unpaired) electrons. The summed E-state index contributed by atoms with van der Waals surface area (Å²) in [6, 6.07) is 3.91. The highest BCUT2D eigenvalue weighted by molar-refractivity contribution is 7.89. The van der Waals surface area contributed by atoms with Gasteiger partial charge in [0.25, 0.3) is 0 Å². The van der Waals surface area contributed by atoms with Crippen LogP contribution in [0.5, 0.6) is 0 Å². The summed E-state index contributed by atoms with van der Waals surface area (Å²) in [6.45, 7) is 6.01. The number of nitrogens with zero attached hydrogens (tertiary/aromatic N) is 4. The van der Waals surface area contributed by atoms with E-state index in [0.717, 1.165) is 36.5 Å². The van der Waals surface area contributed by atoms with Crippen LogP contribution in [-0.4, -0.2) is 46.1 Å². The van der Waals surface area contributed by atoms with Gasteiger partial charge in [-0.15, -0.1) is 0 Å². The molecule has 136 valence electrons. The van der Waals surface area contributed by atoms with Crippen LogP contribution >= 0.6 is 0 Å². The first-order valence-electron chi connectivity index (χ1n) is 8.91. The summed E-state index contributed by atoms with van der Waals surface area (Å²) in [4.78, 5) is 8.62. The van der Waals surface area contributed by atoms with E-state index in [-0.39, 0.29) is 5.75 Å². The van der Waals surface area contributed by atoms with Crippen LogP contribution in [0.1, 0.15) is 31.9 Å². The topological polar surface area (TPSA) is 68.1 Å². The Bertz CT molecular complexity index is 802. The van der Waals surface area contributed by atoms with E-state index in [9.17, 15) is 8.42 Å². The first-order valence-corrected chi connectivity index (χ1v) is 10.5. The highest BCUT2D eigenvalue weighted by atomic mass is 32.2. The number of aromatic nitrogens is 3. The van der Waals surface area contributed by atoms with Crippen molar-refractivity contribution >= 4 is 10.0 Å². The van der Waals surface area contributed by atoms with Crippen LogP contribution in [-0.2, 0) is 16.6 Å². The second-order valence-corrected chi connectivity index (χ2v) is 8.84. The summed E-state index contributed by atoms with van der Waals surface area (Å²) in [5.74, 6) is 1.48. The van der Waals surface area contributed by atoms with Crippen molar-refractivity contribution in [3.63, 3.8) is 0 Å². The van der Waals surface area contributed by atoms with Gasteiger partial charge in [-0.2, -0.15) is 0 Å². The summed E-state index contributed by atoms with van der Waals surface area (Å²) in [7, 11) is -3.12. The van der Waals surface area contributed by atoms with Gasteiger partial charge in [0.15, 0.2) is 0 Å². The predicted octanol–water partition coefficient (Wildman–Crippen LogP) is 2.71. The maximum absolute atomic E-state index is 12.4. The molecule has 0 saturated carbocycles. The number of sulfonamides is 1. The van der Waals surface area contributed by atoms with Crippen LogP contribution in [0, 0.1) is 12.8 Å². The van der Waals surface area contributed by atoms with E-state index in [2.05, 4.69) is 14.5 Å². The average molecular weight is 362 g/mol. The molecule has 0 N–H and O–H groups in total. The molecule has 1 unspecified atom stereocenters. The van der Waals surface area contributed by atoms with E-state index in [4.69, 9.17) is 0 Å². The lowest BCUT2D eigenvalue weighted by Gasteiger charge is -2.32. The summed E-state index contributed by atoms with van der Waals surface area (Å²) < 4.78 is 28.7. The monoisotopic (exact) mass is 362 g/mol. The molecule has 1 aliphatic rings. The van der Waals surface area contributed by atoms with E-state index >= 15 is 0 Å². The van der Waals surface area contributed by atoms with Gasteiger partial charge in [0.1, 0.15) is 5.82 Å². The molecule has 6 nitrogen and oxygen atoms in total. The number of imidazole rings is 1. The van der Waals surface area contributed by atoms with Crippen LogP contribution in [0.2, 0.25) is 0 Å². The fourth-order valence-electron chi connectivity index (χ4n) is 3.50. The highest BCUT2D eigenvalue weighted by Crippen LogP contribution is 2.25. The molecule has 2 aromatic rings. The van der Waals surface area contributed by atoms with Crippen LogP contribution in [0.4, 0.5) is 0 Å². The van der Waals surface area contributed by atoms with Crippen molar-refractivity contribution in [2.24, 2.45) is 5.92 Å². The standard InChI is InChI=1S/C18H26N4O2S/c1-3-11-25(23,24)21-10-4-5-16(13-21)14-22-15(2)12-20-18(22)17-6-8-19-9-7-17/h6-9,12,16H,3-5,10-11,13-14H2,1-2H3. The van der Waals surface area contributed by atoms with E-state index < -0.39 is 10.0 Å². The van der Waals surface area contributed by atoms with E-state index in [1.807, 2.05) is 32.2 Å². The molecule has 0 bridgehead atoms. The van der Waals surface area contributed by atoms with E-state index in [1.165, 1.54) is 0 Å². The van der Waals surface area contributed by atoms with Gasteiger partial charge in [-0.3, -0.25) is 4.98 Å². The Hall–Kier alpha value is -1.73. The quantitative estimate of drug-likeness (QED) is 0.792. The van der Waals surface area contributed by atoms with Crippen molar-refractivity contribution in [1.82, 2.24) is 18.8 Å². The second-order valence-electron chi connectivity index (χ2n) is 6.75. The zero-order chi connectivity index (χ0) is 17.9. The first-order chi connectivity index (χ1) is 12.0. The van der Waals surface area contributed by atoms with Crippen LogP contribution in [0.3, 0.4) is 0 Å². The molecule has 0 spiro atoms. The largest absolute Gasteiger partial charge is 0.328 e. The van der Waals surface area contributed by atoms with Crippen LogP contribution < -0.4 is 0 Å². The predicted molar refractivity (Wildman–Crippen MR) is 98.6 cm³/mol. The number of rotatable bonds is 6. The molecule has 7 heteroatoms. The third kappa shape index (κ3) is 4.10. The van der Waals surface area contributed by atoms with Gasteiger partial charge in [-0.1, -0.05) is 6.92 Å². The van der Waals surface area contributed by atoms with E-state index in [1.54, 1.807) is 16.7 Å². The van der Waals surface area contributed by atoms with Gasteiger partial charge in [-0.05, 0) is 44.2 Å². The van der Waals surface area contributed by atoms with Crippen molar-refractivity contribution in [2.75, 3.05) is 18.8 Å². The molecule has 0 amide bonds. The van der Waals surface area contributed by atoms with Crippen molar-refractivity contribution in [1.29, 1.82) is 0 Å². The minimum Gasteiger partial charge on any atom is -0.328 e. The maximum Gasteiger partial charge on any atom is 0.214 e. The Labute approximate surface area is 150 Å². The lowest BCUT2D eigenvalue weighted by atomic mass is 9.99. The lowest BCUT2D eigenvalue weighted by molar-refractivity contribution is 0.245. The molecule has 25 heavy (non-hydrogen) atoms. The van der Waals surface area contributed by atoms with Gasteiger partial charge in [0.05, 0.1) is 5.75 Å². The third-order valence-corrected chi connectivity index (χ3v) is 6.81. The van der Waals surface area contributed by atoms with Crippen molar-refractivity contribution < 1.29 is 8.42 Å². The molecule has 1 aliphatic heterocycles. The zero-order valence-corrected chi connectivity index (χ0v) is 15.7. The zero-order valence-electron chi connectivity index (χ0n) is 14.9. The highest BCUT2D eigenvalue weighted by Gasteiger charge is 2.29. The Morgan fingerprint density at radius 3 is 2.76 bits per heavy atom. The molecule has 0 aliphatic carbocycles. The molecule has 1 atom stereocenters. The summed E-state index contributed by atoms with van der Waals surface area (Å²) in [6.07, 6.45) is 8.05. The van der Waals surface area contributed by atoms with Gasteiger partial charge in [0, 0.05) is 49.5 Å². The lowest BCUT2D eigenvalue weighted by Crippen LogP contribution is -2.42.